The summed E-state index contributed by atoms with van der Waals surface area (Å²) in [6.45, 7) is 5.88. The summed E-state index contributed by atoms with van der Waals surface area (Å²) in [7, 11) is 1.39. The van der Waals surface area contributed by atoms with E-state index in [1.807, 2.05) is 49.6 Å². The molecule has 1 heterocycles. The van der Waals surface area contributed by atoms with E-state index in [4.69, 9.17) is 16.3 Å². The van der Waals surface area contributed by atoms with E-state index < -0.39 is 0 Å². The van der Waals surface area contributed by atoms with Gasteiger partial charge in [0.2, 0.25) is 0 Å². The Morgan fingerprint density at radius 1 is 1.21 bits per heavy atom. The average molecular weight is 278 g/mol. The van der Waals surface area contributed by atoms with Crippen molar-refractivity contribution in [3.8, 4) is 5.69 Å². The van der Waals surface area contributed by atoms with Crippen LogP contribution < -0.4 is 0 Å². The zero-order valence-electron chi connectivity index (χ0n) is 11.5. The number of hydrogen-bond acceptors (Lipinski definition) is 2. The number of esters is 1. The molecular formula is C15H16ClNO2. The molecule has 0 amide bonds. The van der Waals surface area contributed by atoms with Crippen LogP contribution in [0.15, 0.2) is 24.3 Å². The molecule has 0 atom stereocenters. The molecule has 1 aromatic carbocycles. The van der Waals surface area contributed by atoms with E-state index in [2.05, 4.69) is 0 Å². The molecule has 0 aliphatic carbocycles. The summed E-state index contributed by atoms with van der Waals surface area (Å²) >= 11 is 6.06. The molecule has 0 aliphatic rings. The quantitative estimate of drug-likeness (QED) is 0.781. The lowest BCUT2D eigenvalue weighted by atomic mass is 10.2. The predicted molar refractivity (Wildman–Crippen MR) is 76.3 cm³/mol. The summed E-state index contributed by atoms with van der Waals surface area (Å²) in [4.78, 5) is 11.7. The predicted octanol–water partition coefficient (Wildman–Crippen LogP) is 3.84. The molecule has 0 bridgehead atoms. The van der Waals surface area contributed by atoms with E-state index in [1.165, 1.54) is 7.11 Å². The van der Waals surface area contributed by atoms with E-state index in [0.29, 0.717) is 10.6 Å². The van der Waals surface area contributed by atoms with Crippen LogP contribution in [0.25, 0.3) is 5.69 Å². The summed E-state index contributed by atoms with van der Waals surface area (Å²) in [6.07, 6.45) is 0. The number of aromatic nitrogens is 1. The average Bonchev–Trinajstić information content (AvgIpc) is 2.67. The number of hydrogen-bond donors (Lipinski definition) is 0. The van der Waals surface area contributed by atoms with Gasteiger partial charge in [0.25, 0.3) is 0 Å². The second kappa shape index (κ2) is 5.10. The molecule has 0 aliphatic heterocycles. The lowest BCUT2D eigenvalue weighted by molar-refractivity contribution is 0.0600. The number of halogens is 1. The van der Waals surface area contributed by atoms with Crippen molar-refractivity contribution < 1.29 is 9.53 Å². The number of ether oxygens (including phenoxy) is 1. The number of nitrogens with zero attached hydrogens (tertiary/aromatic N) is 1. The minimum absolute atomic E-state index is 0.320. The minimum atomic E-state index is -0.320. The van der Waals surface area contributed by atoms with Gasteiger partial charge in [-0.05, 0) is 44.5 Å². The first-order valence-corrected chi connectivity index (χ1v) is 6.37. The molecule has 0 spiro atoms. The summed E-state index contributed by atoms with van der Waals surface area (Å²) in [5, 5.41) is 0.674. The van der Waals surface area contributed by atoms with Gasteiger partial charge in [0, 0.05) is 22.1 Å². The smallest absolute Gasteiger partial charge is 0.339 e. The number of carbonyl (C=O) groups is 1. The normalized spacial score (nSPS) is 10.6. The van der Waals surface area contributed by atoms with Crippen LogP contribution in [0.1, 0.15) is 27.3 Å². The first-order valence-electron chi connectivity index (χ1n) is 5.99. The molecule has 2 rings (SSSR count). The Balaban J connectivity index is 2.66. The molecule has 100 valence electrons. The maximum Gasteiger partial charge on any atom is 0.339 e. The Morgan fingerprint density at radius 2 is 1.89 bits per heavy atom. The van der Waals surface area contributed by atoms with E-state index >= 15 is 0 Å². The van der Waals surface area contributed by atoms with Crippen molar-refractivity contribution in [3.05, 3.63) is 51.8 Å². The zero-order valence-corrected chi connectivity index (χ0v) is 12.2. The molecule has 2 aromatic rings. The fourth-order valence-electron chi connectivity index (χ4n) is 2.27. The first kappa shape index (κ1) is 13.7. The molecule has 3 nitrogen and oxygen atoms in total. The molecule has 0 saturated carbocycles. The lowest BCUT2D eigenvalue weighted by Gasteiger charge is -2.13. The molecule has 0 fully saturated rings. The molecule has 0 radical (unpaired) electrons. The third-order valence-electron chi connectivity index (χ3n) is 3.25. The van der Waals surface area contributed by atoms with Crippen LogP contribution in [0.3, 0.4) is 0 Å². The van der Waals surface area contributed by atoms with Gasteiger partial charge in [0.05, 0.1) is 12.7 Å². The molecule has 0 unspecified atom stereocenters. The van der Waals surface area contributed by atoms with Crippen LogP contribution in [-0.2, 0) is 4.74 Å². The van der Waals surface area contributed by atoms with Crippen LogP contribution in [0, 0.1) is 20.8 Å². The van der Waals surface area contributed by atoms with Crippen LogP contribution in [0.2, 0.25) is 5.02 Å². The molecule has 0 saturated heterocycles. The van der Waals surface area contributed by atoms with E-state index in [0.717, 1.165) is 22.6 Å². The van der Waals surface area contributed by atoms with Gasteiger partial charge in [0.15, 0.2) is 0 Å². The Labute approximate surface area is 117 Å². The van der Waals surface area contributed by atoms with Crippen molar-refractivity contribution in [3.63, 3.8) is 0 Å². The van der Waals surface area contributed by atoms with Gasteiger partial charge in [-0.3, -0.25) is 0 Å². The number of methoxy groups -OCH3 is 1. The zero-order chi connectivity index (χ0) is 14.2. The number of aryl methyl sites for hydroxylation is 2. The molecular weight excluding hydrogens is 262 g/mol. The van der Waals surface area contributed by atoms with E-state index in [-0.39, 0.29) is 5.97 Å². The topological polar surface area (TPSA) is 31.2 Å². The van der Waals surface area contributed by atoms with Crippen molar-refractivity contribution in [2.24, 2.45) is 0 Å². The second-order valence-electron chi connectivity index (χ2n) is 4.54. The second-order valence-corrected chi connectivity index (χ2v) is 4.98. The Bertz CT molecular complexity index is 644. The van der Waals surface area contributed by atoms with Crippen molar-refractivity contribution in [1.82, 2.24) is 4.57 Å². The van der Waals surface area contributed by atoms with Gasteiger partial charge in [-0.2, -0.15) is 0 Å². The Morgan fingerprint density at radius 3 is 2.53 bits per heavy atom. The van der Waals surface area contributed by atoms with Crippen LogP contribution in [0.5, 0.6) is 0 Å². The fraction of sp³-hybridized carbons (Fsp3) is 0.267. The summed E-state index contributed by atoms with van der Waals surface area (Å²) in [5.74, 6) is -0.320. The third kappa shape index (κ3) is 2.38. The number of carbonyl (C=O) groups excluding carboxylic acids is 1. The SMILES string of the molecule is COC(=O)c1cc(C)n(-c2cc(Cl)ccc2C)c1C. The van der Waals surface area contributed by atoms with Crippen molar-refractivity contribution in [1.29, 1.82) is 0 Å². The van der Waals surface area contributed by atoms with E-state index in [1.54, 1.807) is 0 Å². The molecule has 4 heteroatoms. The van der Waals surface area contributed by atoms with Gasteiger partial charge in [0.1, 0.15) is 0 Å². The highest BCUT2D eigenvalue weighted by Gasteiger charge is 2.17. The minimum Gasteiger partial charge on any atom is -0.465 e. The highest BCUT2D eigenvalue weighted by atomic mass is 35.5. The Hall–Kier alpha value is -1.74. The Kier molecular flexibility index (Phi) is 3.67. The van der Waals surface area contributed by atoms with Gasteiger partial charge < -0.3 is 9.30 Å². The third-order valence-corrected chi connectivity index (χ3v) is 3.48. The lowest BCUT2D eigenvalue weighted by Crippen LogP contribution is -2.05. The molecule has 0 N–H and O–H groups in total. The largest absolute Gasteiger partial charge is 0.465 e. The van der Waals surface area contributed by atoms with Gasteiger partial charge >= 0.3 is 5.97 Å². The summed E-state index contributed by atoms with van der Waals surface area (Å²) in [5.41, 5.74) is 4.50. The van der Waals surface area contributed by atoms with Crippen LogP contribution >= 0.6 is 11.6 Å². The molecule has 19 heavy (non-hydrogen) atoms. The van der Waals surface area contributed by atoms with E-state index in [9.17, 15) is 4.79 Å². The maximum absolute atomic E-state index is 11.7. The standard InChI is InChI=1S/C15H16ClNO2/c1-9-5-6-12(16)8-14(9)17-10(2)7-13(11(17)3)15(18)19-4/h5-8H,1-4H3. The highest BCUT2D eigenvalue weighted by Crippen LogP contribution is 2.26. The van der Waals surface area contributed by atoms with Crippen LogP contribution in [0.4, 0.5) is 0 Å². The van der Waals surface area contributed by atoms with Crippen molar-refractivity contribution in [2.45, 2.75) is 20.8 Å². The first-order chi connectivity index (χ1) is 8.95. The highest BCUT2D eigenvalue weighted by molar-refractivity contribution is 6.30. The maximum atomic E-state index is 11.7. The monoisotopic (exact) mass is 277 g/mol. The molecule has 1 aromatic heterocycles. The fourth-order valence-corrected chi connectivity index (χ4v) is 2.44. The summed E-state index contributed by atoms with van der Waals surface area (Å²) < 4.78 is 6.82. The van der Waals surface area contributed by atoms with Crippen LogP contribution in [-0.4, -0.2) is 17.6 Å². The van der Waals surface area contributed by atoms with Gasteiger partial charge in [-0.15, -0.1) is 0 Å². The van der Waals surface area contributed by atoms with Crippen molar-refractivity contribution >= 4 is 17.6 Å². The van der Waals surface area contributed by atoms with Gasteiger partial charge in [-0.25, -0.2) is 4.79 Å². The number of rotatable bonds is 2. The number of benzene rings is 1. The van der Waals surface area contributed by atoms with Gasteiger partial charge in [-0.1, -0.05) is 17.7 Å². The van der Waals surface area contributed by atoms with Crippen molar-refractivity contribution in [2.75, 3.05) is 7.11 Å². The summed E-state index contributed by atoms with van der Waals surface area (Å²) in [6, 6.07) is 7.56.